The predicted molar refractivity (Wildman–Crippen MR) is 57.9 cm³/mol. The highest BCUT2D eigenvalue weighted by Crippen LogP contribution is 2.12. The molecule has 0 fully saturated rings. The topological polar surface area (TPSA) is 55.0 Å². The van der Waals surface area contributed by atoms with Crippen molar-refractivity contribution in [3.63, 3.8) is 0 Å². The first-order chi connectivity index (χ1) is 6.67. The molecule has 0 aliphatic heterocycles. The molecule has 1 aromatic rings. The Balaban J connectivity index is 2.98. The number of anilines is 2. The number of hydrogen-bond donors (Lipinski definition) is 1. The molecule has 14 heavy (non-hydrogen) atoms. The minimum Gasteiger partial charge on any atom is -0.368 e. The van der Waals surface area contributed by atoms with Crippen molar-refractivity contribution in [3.8, 4) is 12.3 Å². The quantitative estimate of drug-likeness (QED) is 0.717. The minimum absolute atomic E-state index is 0.287. The summed E-state index contributed by atoms with van der Waals surface area (Å²) in [5, 5.41) is 0. The van der Waals surface area contributed by atoms with Gasteiger partial charge in [0.2, 0.25) is 5.95 Å². The van der Waals surface area contributed by atoms with E-state index in [1.165, 1.54) is 0 Å². The van der Waals surface area contributed by atoms with E-state index in [0.29, 0.717) is 6.54 Å². The molecule has 0 aliphatic carbocycles. The smallest absolute Gasteiger partial charge is 0.222 e. The van der Waals surface area contributed by atoms with Crippen LogP contribution in [0, 0.1) is 19.3 Å². The maximum atomic E-state index is 5.55. The lowest BCUT2D eigenvalue weighted by Gasteiger charge is -2.19. The zero-order valence-corrected chi connectivity index (χ0v) is 8.49. The van der Waals surface area contributed by atoms with Crippen molar-refractivity contribution in [1.29, 1.82) is 0 Å². The van der Waals surface area contributed by atoms with Crippen molar-refractivity contribution < 1.29 is 0 Å². The van der Waals surface area contributed by atoms with Crippen LogP contribution in [0.4, 0.5) is 11.8 Å². The van der Waals surface area contributed by atoms with Gasteiger partial charge in [-0.15, -0.1) is 6.42 Å². The first-order valence-electron chi connectivity index (χ1n) is 4.47. The average molecular weight is 190 g/mol. The van der Waals surface area contributed by atoms with Crippen molar-refractivity contribution >= 4 is 11.8 Å². The number of nitrogens with two attached hydrogens (primary N) is 1. The lowest BCUT2D eigenvalue weighted by Crippen LogP contribution is -2.24. The van der Waals surface area contributed by atoms with E-state index in [-0.39, 0.29) is 5.95 Å². The summed E-state index contributed by atoms with van der Waals surface area (Å²) in [6, 6.07) is 1.87. The summed E-state index contributed by atoms with van der Waals surface area (Å²) in [6.07, 6.45) is 5.25. The molecule has 0 spiro atoms. The molecule has 0 bridgehead atoms. The molecule has 1 aromatic heterocycles. The summed E-state index contributed by atoms with van der Waals surface area (Å²) in [4.78, 5) is 10.1. The highest BCUT2D eigenvalue weighted by Gasteiger charge is 2.05. The fourth-order valence-electron chi connectivity index (χ4n) is 1.20. The van der Waals surface area contributed by atoms with E-state index in [1.54, 1.807) is 0 Å². The molecule has 0 saturated heterocycles. The highest BCUT2D eigenvalue weighted by atomic mass is 15.2. The zero-order valence-electron chi connectivity index (χ0n) is 8.49. The number of nitrogens with zero attached hydrogens (tertiary/aromatic N) is 3. The molecule has 1 heterocycles. The van der Waals surface area contributed by atoms with Crippen LogP contribution in [0.2, 0.25) is 0 Å². The van der Waals surface area contributed by atoms with Crippen LogP contribution in [0.1, 0.15) is 12.6 Å². The van der Waals surface area contributed by atoms with Gasteiger partial charge in [0.1, 0.15) is 5.82 Å². The van der Waals surface area contributed by atoms with Crippen LogP contribution in [0.5, 0.6) is 0 Å². The summed E-state index contributed by atoms with van der Waals surface area (Å²) in [6.45, 7) is 5.24. The van der Waals surface area contributed by atoms with Gasteiger partial charge in [0.15, 0.2) is 0 Å². The second kappa shape index (κ2) is 4.47. The van der Waals surface area contributed by atoms with Crippen molar-refractivity contribution in [1.82, 2.24) is 9.97 Å². The minimum atomic E-state index is 0.287. The Morgan fingerprint density at radius 1 is 1.57 bits per heavy atom. The molecule has 4 nitrogen and oxygen atoms in total. The molecule has 0 aliphatic rings. The number of nitrogen functional groups attached to an aromatic ring is 1. The van der Waals surface area contributed by atoms with Crippen LogP contribution >= 0.6 is 0 Å². The molecule has 0 amide bonds. The number of hydrogen-bond acceptors (Lipinski definition) is 4. The molecule has 4 heteroatoms. The Hall–Kier alpha value is -1.76. The Labute approximate surface area is 84.2 Å². The molecule has 0 saturated carbocycles. The average Bonchev–Trinajstić information content (AvgIpc) is 2.12. The third kappa shape index (κ3) is 2.36. The maximum absolute atomic E-state index is 5.55. The summed E-state index contributed by atoms with van der Waals surface area (Å²) < 4.78 is 0. The summed E-state index contributed by atoms with van der Waals surface area (Å²) in [7, 11) is 0. The first kappa shape index (κ1) is 10.3. The van der Waals surface area contributed by atoms with Gasteiger partial charge in [-0.25, -0.2) is 4.98 Å². The normalized spacial score (nSPS) is 9.50. The van der Waals surface area contributed by atoms with E-state index < -0.39 is 0 Å². The first-order valence-corrected chi connectivity index (χ1v) is 4.47. The molecular weight excluding hydrogens is 176 g/mol. The van der Waals surface area contributed by atoms with E-state index >= 15 is 0 Å². The second-order valence-corrected chi connectivity index (χ2v) is 2.94. The predicted octanol–water partition coefficient (Wildman–Crippen LogP) is 0.827. The van der Waals surface area contributed by atoms with Crippen LogP contribution < -0.4 is 10.6 Å². The van der Waals surface area contributed by atoms with Crippen LogP contribution in [-0.2, 0) is 0 Å². The van der Waals surface area contributed by atoms with Crippen molar-refractivity contribution in [2.24, 2.45) is 0 Å². The van der Waals surface area contributed by atoms with Gasteiger partial charge in [-0.3, -0.25) is 0 Å². The standard InChI is InChI=1S/C10H14N4/c1-4-6-14(5-2)9-7-8(3)12-10(11)13-9/h1,7H,5-6H2,2-3H3,(H2,11,12,13). The number of aromatic nitrogens is 2. The Kier molecular flexibility index (Phi) is 3.29. The lowest BCUT2D eigenvalue weighted by molar-refractivity contribution is 0.885. The Morgan fingerprint density at radius 3 is 2.79 bits per heavy atom. The van der Waals surface area contributed by atoms with E-state index in [9.17, 15) is 0 Å². The largest absolute Gasteiger partial charge is 0.368 e. The summed E-state index contributed by atoms with van der Waals surface area (Å²) in [5.74, 6) is 3.66. The van der Waals surface area contributed by atoms with Gasteiger partial charge in [0.05, 0.1) is 6.54 Å². The van der Waals surface area contributed by atoms with Gasteiger partial charge in [-0.1, -0.05) is 5.92 Å². The second-order valence-electron chi connectivity index (χ2n) is 2.94. The molecule has 0 atom stereocenters. The van der Waals surface area contributed by atoms with Gasteiger partial charge in [-0.05, 0) is 13.8 Å². The fraction of sp³-hybridized carbons (Fsp3) is 0.400. The fourth-order valence-corrected chi connectivity index (χ4v) is 1.20. The summed E-state index contributed by atoms with van der Waals surface area (Å²) in [5.41, 5.74) is 6.40. The van der Waals surface area contributed by atoms with Gasteiger partial charge in [-0.2, -0.15) is 4.98 Å². The Bertz CT molecular complexity index is 333. The number of terminal acetylenes is 1. The van der Waals surface area contributed by atoms with E-state index in [4.69, 9.17) is 12.2 Å². The molecule has 1 rings (SSSR count). The number of rotatable bonds is 3. The van der Waals surface area contributed by atoms with E-state index in [2.05, 4.69) is 15.9 Å². The molecule has 0 unspecified atom stereocenters. The van der Waals surface area contributed by atoms with Gasteiger partial charge < -0.3 is 10.6 Å². The lowest BCUT2D eigenvalue weighted by atomic mass is 10.4. The van der Waals surface area contributed by atoms with Crippen LogP contribution in [0.25, 0.3) is 0 Å². The van der Waals surface area contributed by atoms with Crippen LogP contribution in [-0.4, -0.2) is 23.1 Å². The Morgan fingerprint density at radius 2 is 2.29 bits per heavy atom. The molecular formula is C10H14N4. The SMILES string of the molecule is C#CCN(CC)c1cc(C)nc(N)n1. The monoisotopic (exact) mass is 190 g/mol. The van der Waals surface area contributed by atoms with Gasteiger partial charge in [0, 0.05) is 18.3 Å². The van der Waals surface area contributed by atoms with E-state index in [0.717, 1.165) is 18.1 Å². The summed E-state index contributed by atoms with van der Waals surface area (Å²) >= 11 is 0. The third-order valence-electron chi connectivity index (χ3n) is 1.85. The maximum Gasteiger partial charge on any atom is 0.222 e. The van der Waals surface area contributed by atoms with Crippen molar-refractivity contribution in [2.75, 3.05) is 23.7 Å². The van der Waals surface area contributed by atoms with Crippen molar-refractivity contribution in [2.45, 2.75) is 13.8 Å². The van der Waals surface area contributed by atoms with Crippen LogP contribution in [0.15, 0.2) is 6.07 Å². The van der Waals surface area contributed by atoms with Gasteiger partial charge in [0.25, 0.3) is 0 Å². The van der Waals surface area contributed by atoms with Gasteiger partial charge >= 0.3 is 0 Å². The number of aryl methyl sites for hydroxylation is 1. The van der Waals surface area contributed by atoms with Crippen molar-refractivity contribution in [3.05, 3.63) is 11.8 Å². The molecule has 74 valence electrons. The zero-order chi connectivity index (χ0) is 10.6. The van der Waals surface area contributed by atoms with Crippen LogP contribution in [0.3, 0.4) is 0 Å². The molecule has 0 aromatic carbocycles. The molecule has 2 N–H and O–H groups in total. The molecule has 0 radical (unpaired) electrons. The third-order valence-corrected chi connectivity index (χ3v) is 1.85. The van der Waals surface area contributed by atoms with E-state index in [1.807, 2.05) is 24.8 Å². The highest BCUT2D eigenvalue weighted by molar-refractivity contribution is 5.44.